The van der Waals surface area contributed by atoms with Gasteiger partial charge in [-0.15, -0.1) is 0 Å². The molecule has 0 aliphatic carbocycles. The molecule has 7 nitrogen and oxygen atoms in total. The first kappa shape index (κ1) is 14.0. The Balaban J connectivity index is 1.75. The lowest BCUT2D eigenvalue weighted by Gasteiger charge is -2.20. The van der Waals surface area contributed by atoms with Gasteiger partial charge in [0.05, 0.1) is 13.4 Å². The van der Waals surface area contributed by atoms with Crippen LogP contribution < -0.4 is 10.2 Å². The third-order valence-electron chi connectivity index (χ3n) is 3.32. The van der Waals surface area contributed by atoms with Crippen molar-refractivity contribution in [1.29, 1.82) is 0 Å². The van der Waals surface area contributed by atoms with Gasteiger partial charge in [0.2, 0.25) is 0 Å². The van der Waals surface area contributed by atoms with Crippen molar-refractivity contribution >= 4 is 12.0 Å². The maximum Gasteiger partial charge on any atom is 0.429 e. The van der Waals surface area contributed by atoms with Crippen LogP contribution in [-0.4, -0.2) is 30.7 Å². The molecular weight excluding hydrogens is 288 g/mol. The molecule has 7 heteroatoms. The minimum absolute atomic E-state index is 0.120. The first-order valence-electron chi connectivity index (χ1n) is 6.63. The molecule has 0 bridgehead atoms. The van der Waals surface area contributed by atoms with Crippen LogP contribution in [0.3, 0.4) is 0 Å². The van der Waals surface area contributed by atoms with Gasteiger partial charge in [0.15, 0.2) is 0 Å². The van der Waals surface area contributed by atoms with E-state index in [2.05, 4.69) is 5.43 Å². The van der Waals surface area contributed by atoms with Gasteiger partial charge in [-0.3, -0.25) is 10.2 Å². The second-order valence-electron chi connectivity index (χ2n) is 4.65. The number of nitrogens with one attached hydrogen (secondary N) is 1. The van der Waals surface area contributed by atoms with Crippen LogP contribution in [0.15, 0.2) is 47.1 Å². The Bertz CT molecular complexity index is 666. The maximum atomic E-state index is 12.2. The number of ether oxygens (including phenoxy) is 2. The molecule has 1 fully saturated rings. The van der Waals surface area contributed by atoms with Gasteiger partial charge in [-0.2, -0.15) is 0 Å². The standard InChI is InChI=1S/C15H14N2O5/c1-20-11-6-4-10(5-7-11)14(18)16-17-12(9-22-15(17)19)13-3-2-8-21-13/h2-8,12H,9H2,1H3,(H,16,18). The lowest BCUT2D eigenvalue weighted by molar-refractivity contribution is 0.0787. The molecule has 1 aromatic carbocycles. The summed E-state index contributed by atoms with van der Waals surface area (Å²) in [6, 6.07) is 9.50. The number of amides is 2. The molecule has 114 valence electrons. The van der Waals surface area contributed by atoms with Gasteiger partial charge in [-0.25, -0.2) is 9.80 Å². The number of benzene rings is 1. The van der Waals surface area contributed by atoms with Gasteiger partial charge in [-0.1, -0.05) is 0 Å². The molecule has 1 saturated heterocycles. The molecule has 1 atom stereocenters. The molecule has 0 spiro atoms. The average Bonchev–Trinajstić information content (AvgIpc) is 3.18. The van der Waals surface area contributed by atoms with Gasteiger partial charge in [0.25, 0.3) is 5.91 Å². The fourth-order valence-electron chi connectivity index (χ4n) is 2.15. The predicted octanol–water partition coefficient (Wildman–Crippen LogP) is 2.13. The number of carbonyl (C=O) groups is 2. The number of furan rings is 1. The van der Waals surface area contributed by atoms with Crippen molar-refractivity contribution in [2.75, 3.05) is 13.7 Å². The zero-order valence-corrected chi connectivity index (χ0v) is 11.8. The van der Waals surface area contributed by atoms with Gasteiger partial charge in [0.1, 0.15) is 24.2 Å². The van der Waals surface area contributed by atoms with E-state index in [1.807, 2.05) is 0 Å². The number of cyclic esters (lactones) is 1. The number of carbonyl (C=O) groups excluding carboxylic acids is 2. The van der Waals surface area contributed by atoms with Crippen molar-refractivity contribution in [1.82, 2.24) is 10.4 Å². The Hall–Kier alpha value is -2.96. The Morgan fingerprint density at radius 2 is 2.09 bits per heavy atom. The fourth-order valence-corrected chi connectivity index (χ4v) is 2.15. The van der Waals surface area contributed by atoms with Crippen LogP contribution in [0.4, 0.5) is 4.79 Å². The summed E-state index contributed by atoms with van der Waals surface area (Å²) in [5.74, 6) is 0.768. The molecular formula is C15H14N2O5. The highest BCUT2D eigenvalue weighted by Crippen LogP contribution is 2.26. The summed E-state index contributed by atoms with van der Waals surface area (Å²) in [6.07, 6.45) is 0.880. The largest absolute Gasteiger partial charge is 0.497 e. The van der Waals surface area contributed by atoms with Gasteiger partial charge >= 0.3 is 6.09 Å². The predicted molar refractivity (Wildman–Crippen MR) is 75.1 cm³/mol. The van der Waals surface area contributed by atoms with Gasteiger partial charge in [-0.05, 0) is 36.4 Å². The first-order valence-corrected chi connectivity index (χ1v) is 6.63. The molecule has 1 aromatic heterocycles. The van der Waals surface area contributed by atoms with Gasteiger partial charge < -0.3 is 13.9 Å². The Morgan fingerprint density at radius 1 is 1.32 bits per heavy atom. The molecule has 0 saturated carbocycles. The number of methoxy groups -OCH3 is 1. The van der Waals surface area contributed by atoms with E-state index in [0.717, 1.165) is 5.01 Å². The minimum atomic E-state index is -0.622. The Kier molecular flexibility index (Phi) is 3.69. The number of nitrogens with zero attached hydrogens (tertiary/aromatic N) is 1. The fraction of sp³-hybridized carbons (Fsp3) is 0.200. The lowest BCUT2D eigenvalue weighted by atomic mass is 10.2. The quantitative estimate of drug-likeness (QED) is 0.935. The third kappa shape index (κ3) is 2.60. The van der Waals surface area contributed by atoms with Crippen molar-refractivity contribution in [2.45, 2.75) is 6.04 Å². The van der Waals surface area contributed by atoms with Crippen LogP contribution in [0.2, 0.25) is 0 Å². The van der Waals surface area contributed by atoms with E-state index >= 15 is 0 Å². The second kappa shape index (κ2) is 5.80. The second-order valence-corrected chi connectivity index (χ2v) is 4.65. The van der Waals surface area contributed by atoms with E-state index < -0.39 is 18.0 Å². The number of hydrogen-bond acceptors (Lipinski definition) is 5. The summed E-state index contributed by atoms with van der Waals surface area (Å²) in [7, 11) is 1.54. The van der Waals surface area contributed by atoms with Crippen molar-refractivity contribution in [3.05, 3.63) is 54.0 Å². The van der Waals surface area contributed by atoms with E-state index in [-0.39, 0.29) is 6.61 Å². The topological polar surface area (TPSA) is 81.0 Å². The van der Waals surface area contributed by atoms with Gasteiger partial charge in [0, 0.05) is 5.56 Å². The monoisotopic (exact) mass is 302 g/mol. The molecule has 1 aliphatic rings. The van der Waals surface area contributed by atoms with E-state index in [9.17, 15) is 9.59 Å². The smallest absolute Gasteiger partial charge is 0.429 e. The minimum Gasteiger partial charge on any atom is -0.497 e. The summed E-state index contributed by atoms with van der Waals surface area (Å²) in [6.45, 7) is 0.120. The summed E-state index contributed by atoms with van der Waals surface area (Å²) in [4.78, 5) is 24.0. The summed E-state index contributed by atoms with van der Waals surface area (Å²) >= 11 is 0. The lowest BCUT2D eigenvalue weighted by Crippen LogP contribution is -2.44. The molecule has 1 aliphatic heterocycles. The summed E-state index contributed by atoms with van der Waals surface area (Å²) in [5.41, 5.74) is 2.94. The van der Waals surface area contributed by atoms with E-state index in [4.69, 9.17) is 13.9 Å². The molecule has 1 unspecified atom stereocenters. The van der Waals surface area contributed by atoms with E-state index in [1.165, 1.54) is 6.26 Å². The highest BCUT2D eigenvalue weighted by Gasteiger charge is 2.37. The highest BCUT2D eigenvalue weighted by molar-refractivity contribution is 5.95. The van der Waals surface area contributed by atoms with Crippen molar-refractivity contribution < 1.29 is 23.5 Å². The van der Waals surface area contributed by atoms with Crippen LogP contribution in [-0.2, 0) is 4.74 Å². The van der Waals surface area contributed by atoms with Crippen molar-refractivity contribution in [3.8, 4) is 5.75 Å². The zero-order valence-electron chi connectivity index (χ0n) is 11.8. The van der Waals surface area contributed by atoms with Crippen LogP contribution in [0.1, 0.15) is 22.2 Å². The third-order valence-corrected chi connectivity index (χ3v) is 3.32. The summed E-state index contributed by atoms with van der Waals surface area (Å²) < 4.78 is 15.3. The molecule has 0 radical (unpaired) electrons. The zero-order chi connectivity index (χ0) is 15.5. The summed E-state index contributed by atoms with van der Waals surface area (Å²) in [5, 5.41) is 1.13. The van der Waals surface area contributed by atoms with Crippen LogP contribution in [0, 0.1) is 0 Å². The molecule has 22 heavy (non-hydrogen) atoms. The Morgan fingerprint density at radius 3 is 2.73 bits per heavy atom. The molecule has 2 aromatic rings. The molecule has 2 heterocycles. The maximum absolute atomic E-state index is 12.2. The van der Waals surface area contributed by atoms with Crippen molar-refractivity contribution in [2.24, 2.45) is 0 Å². The highest BCUT2D eigenvalue weighted by atomic mass is 16.6. The van der Waals surface area contributed by atoms with E-state index in [0.29, 0.717) is 17.1 Å². The SMILES string of the molecule is COc1ccc(C(=O)NN2C(=O)OCC2c2ccco2)cc1. The normalized spacial score (nSPS) is 17.2. The van der Waals surface area contributed by atoms with Crippen LogP contribution in [0.5, 0.6) is 5.75 Å². The molecule has 1 N–H and O–H groups in total. The Labute approximate surface area is 126 Å². The first-order chi connectivity index (χ1) is 10.7. The number of hydrogen-bond donors (Lipinski definition) is 1. The average molecular weight is 302 g/mol. The molecule has 2 amide bonds. The van der Waals surface area contributed by atoms with Crippen LogP contribution in [0.25, 0.3) is 0 Å². The number of rotatable bonds is 4. The van der Waals surface area contributed by atoms with E-state index in [1.54, 1.807) is 43.5 Å². The van der Waals surface area contributed by atoms with Crippen LogP contribution >= 0.6 is 0 Å². The van der Waals surface area contributed by atoms with Crippen molar-refractivity contribution in [3.63, 3.8) is 0 Å². The molecule has 3 rings (SSSR count). The number of hydrazine groups is 1.